The van der Waals surface area contributed by atoms with E-state index in [1.54, 1.807) is 6.08 Å². The Labute approximate surface area is 87.2 Å². The topological polar surface area (TPSA) is 9.23 Å². The first-order valence-corrected chi connectivity index (χ1v) is 5.42. The summed E-state index contributed by atoms with van der Waals surface area (Å²) in [4.78, 5) is 0. The second-order valence-corrected chi connectivity index (χ2v) is 3.75. The largest absolute Gasteiger partial charge is 0.374 e. The van der Waals surface area contributed by atoms with Crippen molar-refractivity contribution >= 4 is 0 Å². The Bertz CT molecular complexity index is 209. The zero-order valence-corrected chi connectivity index (χ0v) is 8.87. The molecular formula is C13H20O. The number of allylic oxidation sites excluding steroid dienone is 2. The minimum Gasteiger partial charge on any atom is -0.374 e. The fourth-order valence-electron chi connectivity index (χ4n) is 1.77. The van der Waals surface area contributed by atoms with E-state index in [0.29, 0.717) is 12.7 Å². The van der Waals surface area contributed by atoms with E-state index >= 15 is 0 Å². The molecule has 0 atom stereocenters. The lowest BCUT2D eigenvalue weighted by Gasteiger charge is -2.22. The summed E-state index contributed by atoms with van der Waals surface area (Å²) in [7, 11) is 0. The normalized spacial score (nSPS) is 19.3. The highest BCUT2D eigenvalue weighted by atomic mass is 16.5. The lowest BCUT2D eigenvalue weighted by Crippen LogP contribution is -2.17. The van der Waals surface area contributed by atoms with E-state index in [0.717, 1.165) is 5.57 Å². The van der Waals surface area contributed by atoms with Gasteiger partial charge in [-0.15, -0.1) is 0 Å². The zero-order valence-electron chi connectivity index (χ0n) is 8.87. The summed E-state index contributed by atoms with van der Waals surface area (Å²) < 4.78 is 5.80. The van der Waals surface area contributed by atoms with E-state index in [2.05, 4.69) is 13.2 Å². The number of ether oxygens (including phenoxy) is 1. The van der Waals surface area contributed by atoms with Gasteiger partial charge in [-0.3, -0.25) is 0 Å². The number of hydrogen-bond donors (Lipinski definition) is 0. The second kappa shape index (κ2) is 6.61. The smallest absolute Gasteiger partial charge is 0.0720 e. The van der Waals surface area contributed by atoms with Gasteiger partial charge in [0.15, 0.2) is 0 Å². The first-order valence-electron chi connectivity index (χ1n) is 5.42. The lowest BCUT2D eigenvalue weighted by molar-refractivity contribution is 0.0438. The summed E-state index contributed by atoms with van der Waals surface area (Å²) in [5.41, 5.74) is 1.12. The van der Waals surface area contributed by atoms with Crippen LogP contribution in [0.15, 0.2) is 37.0 Å². The molecule has 0 heterocycles. The Hall–Kier alpha value is -0.820. The van der Waals surface area contributed by atoms with Crippen LogP contribution in [0.2, 0.25) is 0 Å². The van der Waals surface area contributed by atoms with Crippen LogP contribution in [0.3, 0.4) is 0 Å². The van der Waals surface area contributed by atoms with Crippen molar-refractivity contribution < 1.29 is 4.74 Å². The van der Waals surface area contributed by atoms with Crippen molar-refractivity contribution in [1.82, 2.24) is 0 Å². The molecule has 1 aliphatic rings. The molecule has 0 aliphatic heterocycles. The van der Waals surface area contributed by atoms with Crippen LogP contribution in [-0.4, -0.2) is 12.7 Å². The molecule has 0 bridgehead atoms. The van der Waals surface area contributed by atoms with Crippen LogP contribution in [0.1, 0.15) is 32.1 Å². The van der Waals surface area contributed by atoms with Gasteiger partial charge in [-0.05, 0) is 18.4 Å². The molecule has 1 aliphatic carbocycles. The second-order valence-electron chi connectivity index (χ2n) is 3.75. The Morgan fingerprint density at radius 3 is 2.50 bits per heavy atom. The summed E-state index contributed by atoms with van der Waals surface area (Å²) >= 11 is 0. The van der Waals surface area contributed by atoms with E-state index in [4.69, 9.17) is 4.74 Å². The summed E-state index contributed by atoms with van der Waals surface area (Å²) in [6, 6.07) is 0. The molecule has 0 spiro atoms. The van der Waals surface area contributed by atoms with E-state index in [-0.39, 0.29) is 0 Å². The van der Waals surface area contributed by atoms with Crippen molar-refractivity contribution in [3.8, 4) is 0 Å². The molecule has 1 fully saturated rings. The summed E-state index contributed by atoms with van der Waals surface area (Å²) in [5, 5.41) is 0. The monoisotopic (exact) mass is 192 g/mol. The van der Waals surface area contributed by atoms with Gasteiger partial charge in [0, 0.05) is 0 Å². The van der Waals surface area contributed by atoms with E-state index < -0.39 is 0 Å². The molecule has 0 aromatic rings. The molecule has 0 aromatic carbocycles. The molecule has 1 nitrogen and oxygen atoms in total. The van der Waals surface area contributed by atoms with Gasteiger partial charge in [-0.25, -0.2) is 0 Å². The van der Waals surface area contributed by atoms with Gasteiger partial charge in [-0.2, -0.15) is 0 Å². The molecule has 78 valence electrons. The highest BCUT2D eigenvalue weighted by molar-refractivity contribution is 5.21. The lowest BCUT2D eigenvalue weighted by atomic mass is 9.98. The Balaban J connectivity index is 2.26. The number of rotatable bonds is 5. The van der Waals surface area contributed by atoms with Gasteiger partial charge >= 0.3 is 0 Å². The predicted octanol–water partition coefficient (Wildman–Crippen LogP) is 3.63. The van der Waals surface area contributed by atoms with E-state index in [1.165, 1.54) is 32.1 Å². The fourth-order valence-corrected chi connectivity index (χ4v) is 1.77. The molecule has 0 unspecified atom stereocenters. The van der Waals surface area contributed by atoms with Crippen LogP contribution in [-0.2, 0) is 4.74 Å². The van der Waals surface area contributed by atoms with Crippen molar-refractivity contribution in [3.63, 3.8) is 0 Å². The van der Waals surface area contributed by atoms with Crippen LogP contribution >= 0.6 is 0 Å². The summed E-state index contributed by atoms with van der Waals surface area (Å²) in [6.07, 6.45) is 12.5. The average Bonchev–Trinajstić information content (AvgIpc) is 2.25. The third kappa shape index (κ3) is 3.93. The van der Waals surface area contributed by atoms with Gasteiger partial charge < -0.3 is 4.74 Å². The highest BCUT2D eigenvalue weighted by Gasteiger charge is 2.13. The molecule has 1 rings (SSSR count). The van der Waals surface area contributed by atoms with Gasteiger partial charge in [-0.1, -0.05) is 50.6 Å². The summed E-state index contributed by atoms with van der Waals surface area (Å²) in [6.45, 7) is 8.09. The maximum Gasteiger partial charge on any atom is 0.0720 e. The standard InChI is InChI=1S/C13H20O/c1-3-8-12(4-2)11-14-13-9-6-5-7-10-13/h3-4,8,13H,1-2,5-7,9-11H2/b12-8+. The molecule has 0 aromatic heterocycles. The maximum atomic E-state index is 5.80. The van der Waals surface area contributed by atoms with Crippen molar-refractivity contribution in [2.24, 2.45) is 0 Å². The fraction of sp³-hybridized carbons (Fsp3) is 0.538. The van der Waals surface area contributed by atoms with Gasteiger partial charge in [0.2, 0.25) is 0 Å². The van der Waals surface area contributed by atoms with Crippen molar-refractivity contribution in [2.45, 2.75) is 38.2 Å². The first kappa shape index (κ1) is 11.3. The van der Waals surface area contributed by atoms with Crippen LogP contribution < -0.4 is 0 Å². The minimum absolute atomic E-state index is 0.469. The van der Waals surface area contributed by atoms with Crippen LogP contribution in [0.5, 0.6) is 0 Å². The third-order valence-electron chi connectivity index (χ3n) is 2.63. The Morgan fingerprint density at radius 2 is 1.93 bits per heavy atom. The Morgan fingerprint density at radius 1 is 1.21 bits per heavy atom. The Kier molecular flexibility index (Phi) is 5.31. The van der Waals surface area contributed by atoms with E-state index in [9.17, 15) is 0 Å². The van der Waals surface area contributed by atoms with Gasteiger partial charge in [0.25, 0.3) is 0 Å². The molecular weight excluding hydrogens is 172 g/mol. The zero-order chi connectivity index (χ0) is 10.2. The highest BCUT2D eigenvalue weighted by Crippen LogP contribution is 2.20. The predicted molar refractivity (Wildman–Crippen MR) is 61.3 cm³/mol. The molecule has 14 heavy (non-hydrogen) atoms. The molecule has 0 N–H and O–H groups in total. The van der Waals surface area contributed by atoms with Gasteiger partial charge in [0.1, 0.15) is 0 Å². The molecule has 1 heteroatoms. The van der Waals surface area contributed by atoms with Crippen molar-refractivity contribution in [2.75, 3.05) is 6.61 Å². The number of hydrogen-bond acceptors (Lipinski definition) is 1. The quantitative estimate of drug-likeness (QED) is 0.604. The maximum absolute atomic E-state index is 5.80. The molecule has 1 saturated carbocycles. The minimum atomic E-state index is 0.469. The molecule has 0 amide bonds. The average molecular weight is 192 g/mol. The first-order chi connectivity index (χ1) is 6.86. The third-order valence-corrected chi connectivity index (χ3v) is 2.63. The van der Waals surface area contributed by atoms with Crippen LogP contribution in [0.4, 0.5) is 0 Å². The molecule has 0 radical (unpaired) electrons. The van der Waals surface area contributed by atoms with Gasteiger partial charge in [0.05, 0.1) is 12.7 Å². The van der Waals surface area contributed by atoms with Crippen LogP contribution in [0.25, 0.3) is 0 Å². The van der Waals surface area contributed by atoms with Crippen molar-refractivity contribution in [1.29, 1.82) is 0 Å². The van der Waals surface area contributed by atoms with Crippen LogP contribution in [0, 0.1) is 0 Å². The SMILES string of the molecule is C=C/C=C(\C=C)COC1CCCCC1. The summed E-state index contributed by atoms with van der Waals surface area (Å²) in [5.74, 6) is 0. The van der Waals surface area contributed by atoms with Crippen molar-refractivity contribution in [3.05, 3.63) is 37.0 Å². The van der Waals surface area contributed by atoms with E-state index in [1.807, 2.05) is 12.2 Å². The molecule has 0 saturated heterocycles.